The number of halogens is 2. The highest BCUT2D eigenvalue weighted by molar-refractivity contribution is 9.10. The highest BCUT2D eigenvalue weighted by Crippen LogP contribution is 2.38. The van der Waals surface area contributed by atoms with Gasteiger partial charge in [0.2, 0.25) is 5.75 Å². The predicted molar refractivity (Wildman–Crippen MR) is 146 cm³/mol. The molecule has 0 radical (unpaired) electrons. The van der Waals surface area contributed by atoms with Gasteiger partial charge in [-0.2, -0.15) is 9.78 Å². The molecule has 0 N–H and O–H groups in total. The molecule has 0 unspecified atom stereocenters. The van der Waals surface area contributed by atoms with Gasteiger partial charge < -0.3 is 9.47 Å². The molecule has 0 amide bonds. The van der Waals surface area contributed by atoms with Gasteiger partial charge in [-0.3, -0.25) is 14.9 Å². The van der Waals surface area contributed by atoms with E-state index >= 15 is 0 Å². The zero-order chi connectivity index (χ0) is 27.4. The van der Waals surface area contributed by atoms with E-state index in [9.17, 15) is 19.3 Å². The highest BCUT2D eigenvalue weighted by Gasteiger charge is 2.23. The number of nitrogens with zero attached hydrogens (tertiary/aromatic N) is 4. The number of rotatable bonds is 9. The minimum atomic E-state index is -0.623. The number of hydrogen-bond donors (Lipinski definition) is 0. The van der Waals surface area contributed by atoms with Crippen LogP contribution in [-0.2, 0) is 6.61 Å². The van der Waals surface area contributed by atoms with Crippen molar-refractivity contribution >= 4 is 38.7 Å². The third-order valence-electron chi connectivity index (χ3n) is 6.01. The van der Waals surface area contributed by atoms with Gasteiger partial charge in [-0.25, -0.2) is 9.37 Å². The molecule has 0 saturated carbocycles. The Balaban J connectivity index is 1.78. The topological polar surface area (TPSA) is 109 Å². The first kappa shape index (κ1) is 26.9. The Morgan fingerprint density at radius 3 is 2.68 bits per heavy atom. The zero-order valence-corrected chi connectivity index (χ0v) is 22.4. The molecule has 0 aliphatic rings. The predicted octanol–water partition coefficient (Wildman–Crippen LogP) is 6.19. The van der Waals surface area contributed by atoms with Crippen molar-refractivity contribution in [3.05, 3.63) is 102 Å². The summed E-state index contributed by atoms with van der Waals surface area (Å²) in [4.78, 5) is 29.3. The largest absolute Gasteiger partial charge is 0.493 e. The van der Waals surface area contributed by atoms with Crippen molar-refractivity contribution in [2.75, 3.05) is 7.11 Å². The molecule has 38 heavy (non-hydrogen) atoms. The average molecular weight is 583 g/mol. The quantitative estimate of drug-likeness (QED) is 0.132. The van der Waals surface area contributed by atoms with Crippen molar-refractivity contribution in [2.24, 2.45) is 5.10 Å². The second-order valence-electron chi connectivity index (χ2n) is 8.51. The van der Waals surface area contributed by atoms with E-state index in [1.54, 1.807) is 18.2 Å². The van der Waals surface area contributed by atoms with Crippen molar-refractivity contribution in [2.45, 2.75) is 32.8 Å². The lowest BCUT2D eigenvalue weighted by Crippen LogP contribution is -2.23. The van der Waals surface area contributed by atoms with E-state index < -0.39 is 16.4 Å². The van der Waals surface area contributed by atoms with Crippen LogP contribution in [0.15, 0.2) is 69.0 Å². The van der Waals surface area contributed by atoms with Gasteiger partial charge in [-0.1, -0.05) is 48.0 Å². The number of ether oxygens (including phenoxy) is 2. The van der Waals surface area contributed by atoms with Gasteiger partial charge in [0, 0.05) is 27.6 Å². The number of nitro groups is 1. The standard InChI is InChI=1S/C27H24BrFN4O5/c1-4-16(2)26-31-22-10-9-19(28)13-20(22)27(34)32(26)30-14-17-11-23(33(35)36)25(24(12-17)37-3)38-15-18-7-5-6-8-21(18)29/h5-14,16H,4,15H2,1-3H3/t16-/m0/s1. The van der Waals surface area contributed by atoms with E-state index in [0.29, 0.717) is 22.3 Å². The lowest BCUT2D eigenvalue weighted by Gasteiger charge is -2.14. The minimum Gasteiger partial charge on any atom is -0.493 e. The number of hydrogen-bond acceptors (Lipinski definition) is 7. The monoisotopic (exact) mass is 582 g/mol. The molecule has 1 atom stereocenters. The Bertz CT molecular complexity index is 1600. The van der Waals surface area contributed by atoms with Gasteiger partial charge in [-0.15, -0.1) is 0 Å². The van der Waals surface area contributed by atoms with Gasteiger partial charge in [0.25, 0.3) is 5.56 Å². The summed E-state index contributed by atoms with van der Waals surface area (Å²) in [7, 11) is 1.34. The fourth-order valence-electron chi connectivity index (χ4n) is 3.78. The van der Waals surface area contributed by atoms with Crippen molar-refractivity contribution in [1.29, 1.82) is 0 Å². The van der Waals surface area contributed by atoms with Gasteiger partial charge in [0.05, 0.1) is 29.2 Å². The van der Waals surface area contributed by atoms with Crippen molar-refractivity contribution in [3.63, 3.8) is 0 Å². The Morgan fingerprint density at radius 1 is 1.24 bits per heavy atom. The number of methoxy groups -OCH3 is 1. The summed E-state index contributed by atoms with van der Waals surface area (Å²) < 4.78 is 26.9. The summed E-state index contributed by atoms with van der Waals surface area (Å²) in [6.45, 7) is 3.68. The van der Waals surface area contributed by atoms with Crippen LogP contribution in [0.1, 0.15) is 43.1 Å². The summed E-state index contributed by atoms with van der Waals surface area (Å²) in [5.74, 6) is -0.183. The normalized spacial score (nSPS) is 12.1. The first-order valence-electron chi connectivity index (χ1n) is 11.7. The molecule has 1 heterocycles. The third kappa shape index (κ3) is 5.57. The van der Waals surface area contributed by atoms with Crippen LogP contribution in [0.3, 0.4) is 0 Å². The molecule has 4 rings (SSSR count). The van der Waals surface area contributed by atoms with Crippen LogP contribution in [0.25, 0.3) is 10.9 Å². The van der Waals surface area contributed by atoms with Gasteiger partial charge in [0.1, 0.15) is 18.2 Å². The number of benzene rings is 3. The van der Waals surface area contributed by atoms with E-state index in [1.165, 1.54) is 48.3 Å². The molecule has 1 aromatic heterocycles. The van der Waals surface area contributed by atoms with Crippen LogP contribution < -0.4 is 15.0 Å². The number of nitro benzene ring substituents is 1. The number of aromatic nitrogens is 2. The minimum absolute atomic E-state index is 0.0621. The first-order chi connectivity index (χ1) is 18.2. The van der Waals surface area contributed by atoms with Crippen LogP contribution in [0.4, 0.5) is 10.1 Å². The molecule has 0 aliphatic heterocycles. The third-order valence-corrected chi connectivity index (χ3v) is 6.51. The Kier molecular flexibility index (Phi) is 8.16. The Morgan fingerprint density at radius 2 is 2.00 bits per heavy atom. The van der Waals surface area contributed by atoms with E-state index in [0.717, 1.165) is 10.9 Å². The summed E-state index contributed by atoms with van der Waals surface area (Å²) >= 11 is 3.38. The van der Waals surface area contributed by atoms with Crippen molar-refractivity contribution < 1.29 is 18.8 Å². The molecule has 0 bridgehead atoms. The molecule has 0 saturated heterocycles. The van der Waals surface area contributed by atoms with Crippen LogP contribution in [0, 0.1) is 15.9 Å². The highest BCUT2D eigenvalue weighted by atomic mass is 79.9. The molecular weight excluding hydrogens is 559 g/mol. The fraction of sp³-hybridized carbons (Fsp3) is 0.222. The molecule has 0 aliphatic carbocycles. The fourth-order valence-corrected chi connectivity index (χ4v) is 4.15. The average Bonchev–Trinajstić information content (AvgIpc) is 2.91. The summed E-state index contributed by atoms with van der Waals surface area (Å²) in [6, 6.07) is 14.0. The second kappa shape index (κ2) is 11.5. The maximum Gasteiger partial charge on any atom is 0.315 e. The molecule has 4 aromatic rings. The van der Waals surface area contributed by atoms with E-state index in [2.05, 4.69) is 26.0 Å². The second-order valence-corrected chi connectivity index (χ2v) is 9.43. The van der Waals surface area contributed by atoms with Gasteiger partial charge >= 0.3 is 5.69 Å². The first-order valence-corrected chi connectivity index (χ1v) is 12.5. The molecule has 0 spiro atoms. The summed E-state index contributed by atoms with van der Waals surface area (Å²) in [6.07, 6.45) is 2.05. The van der Waals surface area contributed by atoms with E-state index in [4.69, 9.17) is 9.47 Å². The number of fused-ring (bicyclic) bond motifs is 1. The van der Waals surface area contributed by atoms with Crippen molar-refractivity contribution in [3.8, 4) is 11.5 Å². The van der Waals surface area contributed by atoms with Crippen molar-refractivity contribution in [1.82, 2.24) is 9.66 Å². The molecule has 0 fully saturated rings. The molecule has 9 nitrogen and oxygen atoms in total. The summed E-state index contributed by atoms with van der Waals surface area (Å²) in [5, 5.41) is 16.6. The van der Waals surface area contributed by atoms with Crippen LogP contribution in [0.2, 0.25) is 0 Å². The molecule has 3 aromatic carbocycles. The van der Waals surface area contributed by atoms with E-state index in [1.807, 2.05) is 19.9 Å². The van der Waals surface area contributed by atoms with Gasteiger partial charge in [-0.05, 0) is 36.8 Å². The van der Waals surface area contributed by atoms with Crippen LogP contribution in [0.5, 0.6) is 11.5 Å². The molecule has 11 heteroatoms. The smallest absolute Gasteiger partial charge is 0.315 e. The lowest BCUT2D eigenvalue weighted by atomic mass is 10.1. The van der Waals surface area contributed by atoms with Gasteiger partial charge in [0.15, 0.2) is 5.75 Å². The maximum atomic E-state index is 14.0. The maximum absolute atomic E-state index is 14.0. The Hall–Kier alpha value is -4.12. The van der Waals surface area contributed by atoms with Crippen LogP contribution >= 0.6 is 15.9 Å². The molecular formula is C27H24BrFN4O5. The lowest BCUT2D eigenvalue weighted by molar-refractivity contribution is -0.386. The van der Waals surface area contributed by atoms with Crippen LogP contribution in [-0.4, -0.2) is 27.9 Å². The SMILES string of the molecule is CC[C@H](C)c1nc2ccc(Br)cc2c(=O)n1N=Cc1cc(OC)c(OCc2ccccc2F)c([N+](=O)[O-])c1. The summed E-state index contributed by atoms with van der Waals surface area (Å²) in [5.41, 5.74) is 0.324. The zero-order valence-electron chi connectivity index (χ0n) is 20.9. The van der Waals surface area contributed by atoms with E-state index in [-0.39, 0.29) is 35.1 Å². The Labute approximate surface area is 225 Å². The molecule has 196 valence electrons.